The molecule has 0 aliphatic carbocycles. The van der Waals surface area contributed by atoms with Crippen LogP contribution in [0.5, 0.6) is 0 Å². The Morgan fingerprint density at radius 1 is 1.26 bits per heavy atom. The zero-order chi connectivity index (χ0) is 16.2. The van der Waals surface area contributed by atoms with Crippen molar-refractivity contribution in [3.05, 3.63) is 58.5 Å². The van der Waals surface area contributed by atoms with Crippen LogP contribution in [0.4, 0.5) is 0 Å². The van der Waals surface area contributed by atoms with Gasteiger partial charge in [-0.1, -0.05) is 15.9 Å². The summed E-state index contributed by atoms with van der Waals surface area (Å²) in [5, 5.41) is 2.84. The molecular formula is C17H17BrN2O3. The Morgan fingerprint density at radius 2 is 2.04 bits per heavy atom. The van der Waals surface area contributed by atoms with Gasteiger partial charge in [0.25, 0.3) is 5.91 Å². The molecule has 2 aromatic rings. The summed E-state index contributed by atoms with van der Waals surface area (Å²) in [4.78, 5) is 26.7. The molecule has 23 heavy (non-hydrogen) atoms. The lowest BCUT2D eigenvalue weighted by atomic mass is 10.1. The summed E-state index contributed by atoms with van der Waals surface area (Å²) < 4.78 is 6.12. The van der Waals surface area contributed by atoms with Crippen LogP contribution in [-0.4, -0.2) is 29.3 Å². The first-order chi connectivity index (χ1) is 11.1. The maximum Gasteiger partial charge on any atom is 0.254 e. The summed E-state index contributed by atoms with van der Waals surface area (Å²) >= 11 is 3.35. The number of nitrogens with zero attached hydrogens (tertiary/aromatic N) is 1. The van der Waals surface area contributed by atoms with Crippen LogP contribution in [0.15, 0.2) is 51.6 Å². The molecule has 2 heterocycles. The smallest absolute Gasteiger partial charge is 0.254 e. The molecule has 1 fully saturated rings. The minimum Gasteiger partial charge on any atom is -0.467 e. The number of carbonyl (C=O) groups is 2. The number of hydrogen-bond acceptors (Lipinski definition) is 3. The third-order valence-corrected chi connectivity index (χ3v) is 4.45. The molecule has 0 bridgehead atoms. The van der Waals surface area contributed by atoms with Crippen molar-refractivity contribution in [2.45, 2.75) is 25.4 Å². The zero-order valence-electron chi connectivity index (χ0n) is 12.5. The van der Waals surface area contributed by atoms with E-state index < -0.39 is 6.04 Å². The lowest BCUT2D eigenvalue weighted by molar-refractivity contribution is -0.125. The van der Waals surface area contributed by atoms with Gasteiger partial charge in [-0.2, -0.15) is 0 Å². The van der Waals surface area contributed by atoms with Crippen LogP contribution in [0.25, 0.3) is 0 Å². The van der Waals surface area contributed by atoms with Crippen LogP contribution in [0.2, 0.25) is 0 Å². The van der Waals surface area contributed by atoms with E-state index in [4.69, 9.17) is 4.42 Å². The second kappa shape index (κ2) is 7.00. The summed E-state index contributed by atoms with van der Waals surface area (Å²) in [6, 6.07) is 10.4. The van der Waals surface area contributed by atoms with Crippen molar-refractivity contribution in [2.75, 3.05) is 6.54 Å². The maximum atomic E-state index is 12.6. The molecular weight excluding hydrogens is 360 g/mol. The van der Waals surface area contributed by atoms with E-state index in [1.807, 2.05) is 12.1 Å². The molecule has 1 aliphatic rings. The molecule has 0 saturated carbocycles. The van der Waals surface area contributed by atoms with Gasteiger partial charge in [-0.25, -0.2) is 0 Å². The van der Waals surface area contributed by atoms with E-state index in [0.717, 1.165) is 10.9 Å². The van der Waals surface area contributed by atoms with E-state index in [1.54, 1.807) is 35.4 Å². The molecule has 120 valence electrons. The largest absolute Gasteiger partial charge is 0.467 e. The van der Waals surface area contributed by atoms with Gasteiger partial charge in [0.05, 0.1) is 12.8 Å². The number of hydrogen-bond donors (Lipinski definition) is 1. The summed E-state index contributed by atoms with van der Waals surface area (Å²) in [6.45, 7) is 0.941. The second-order valence-corrected chi connectivity index (χ2v) is 6.38. The highest BCUT2D eigenvalue weighted by atomic mass is 79.9. The predicted molar refractivity (Wildman–Crippen MR) is 88.8 cm³/mol. The van der Waals surface area contributed by atoms with Crippen LogP contribution in [-0.2, 0) is 11.3 Å². The zero-order valence-corrected chi connectivity index (χ0v) is 14.1. The van der Waals surface area contributed by atoms with Crippen molar-refractivity contribution in [3.8, 4) is 0 Å². The number of nitrogens with one attached hydrogen (secondary N) is 1. The van der Waals surface area contributed by atoms with Crippen LogP contribution in [0, 0.1) is 0 Å². The SMILES string of the molecule is O=C(NCc1ccco1)C1CCCN1C(=O)c1ccc(Br)cc1. The van der Waals surface area contributed by atoms with E-state index in [0.29, 0.717) is 30.8 Å². The van der Waals surface area contributed by atoms with E-state index >= 15 is 0 Å². The van der Waals surface area contributed by atoms with Gasteiger partial charge >= 0.3 is 0 Å². The summed E-state index contributed by atoms with van der Waals surface area (Å²) in [6.07, 6.45) is 3.09. The Balaban J connectivity index is 1.65. The number of benzene rings is 1. The van der Waals surface area contributed by atoms with Gasteiger partial charge in [0, 0.05) is 16.6 Å². The van der Waals surface area contributed by atoms with E-state index in [9.17, 15) is 9.59 Å². The first kappa shape index (κ1) is 15.8. The molecule has 1 saturated heterocycles. The Hall–Kier alpha value is -2.08. The first-order valence-electron chi connectivity index (χ1n) is 7.52. The number of halogens is 1. The third-order valence-electron chi connectivity index (χ3n) is 3.92. The Morgan fingerprint density at radius 3 is 2.74 bits per heavy atom. The summed E-state index contributed by atoms with van der Waals surface area (Å²) in [5.74, 6) is 0.458. The first-order valence-corrected chi connectivity index (χ1v) is 8.31. The molecule has 1 aliphatic heterocycles. The van der Waals surface area contributed by atoms with E-state index in [-0.39, 0.29) is 11.8 Å². The minimum absolute atomic E-state index is 0.104. The number of likely N-dealkylation sites (tertiary alicyclic amines) is 1. The normalized spacial score (nSPS) is 17.3. The molecule has 2 amide bonds. The lowest BCUT2D eigenvalue weighted by Gasteiger charge is -2.24. The minimum atomic E-state index is -0.416. The highest BCUT2D eigenvalue weighted by Crippen LogP contribution is 2.21. The predicted octanol–water partition coefficient (Wildman–Crippen LogP) is 2.96. The van der Waals surface area contributed by atoms with Crippen molar-refractivity contribution in [1.82, 2.24) is 10.2 Å². The molecule has 3 rings (SSSR count). The number of amides is 2. The van der Waals surface area contributed by atoms with Gasteiger partial charge in [-0.3, -0.25) is 9.59 Å². The van der Waals surface area contributed by atoms with Gasteiger partial charge < -0.3 is 14.6 Å². The van der Waals surface area contributed by atoms with E-state index in [2.05, 4.69) is 21.2 Å². The van der Waals surface area contributed by atoms with Crippen molar-refractivity contribution in [3.63, 3.8) is 0 Å². The highest BCUT2D eigenvalue weighted by Gasteiger charge is 2.34. The van der Waals surface area contributed by atoms with E-state index in [1.165, 1.54) is 0 Å². The molecule has 1 N–H and O–H groups in total. The van der Waals surface area contributed by atoms with Gasteiger partial charge in [-0.05, 0) is 49.2 Å². The van der Waals surface area contributed by atoms with Crippen molar-refractivity contribution < 1.29 is 14.0 Å². The molecule has 6 heteroatoms. The number of rotatable bonds is 4. The standard InChI is InChI=1S/C17H17BrN2O3/c18-13-7-5-12(6-8-13)17(22)20-9-1-4-15(20)16(21)19-11-14-3-2-10-23-14/h2-3,5-8,10,15H,1,4,9,11H2,(H,19,21). The lowest BCUT2D eigenvalue weighted by Crippen LogP contribution is -2.45. The molecule has 1 aromatic heterocycles. The highest BCUT2D eigenvalue weighted by molar-refractivity contribution is 9.10. The quantitative estimate of drug-likeness (QED) is 0.891. The molecule has 0 spiro atoms. The average Bonchev–Trinajstić information content (AvgIpc) is 3.24. The average molecular weight is 377 g/mol. The Kier molecular flexibility index (Phi) is 4.81. The van der Waals surface area contributed by atoms with Crippen LogP contribution < -0.4 is 5.32 Å². The molecule has 5 nitrogen and oxygen atoms in total. The monoisotopic (exact) mass is 376 g/mol. The summed E-state index contributed by atoms with van der Waals surface area (Å²) in [5.41, 5.74) is 0.596. The van der Waals surface area contributed by atoms with Gasteiger partial charge in [0.1, 0.15) is 11.8 Å². The number of furan rings is 1. The second-order valence-electron chi connectivity index (χ2n) is 5.46. The fourth-order valence-corrected chi connectivity index (χ4v) is 3.01. The van der Waals surface area contributed by atoms with Crippen LogP contribution in [0.3, 0.4) is 0 Å². The molecule has 0 radical (unpaired) electrons. The fraction of sp³-hybridized carbons (Fsp3) is 0.294. The van der Waals surface area contributed by atoms with Gasteiger partial charge in [0.2, 0.25) is 5.91 Å². The van der Waals surface area contributed by atoms with Crippen LogP contribution in [0.1, 0.15) is 29.0 Å². The molecule has 1 aromatic carbocycles. The maximum absolute atomic E-state index is 12.6. The van der Waals surface area contributed by atoms with Gasteiger partial charge in [0.15, 0.2) is 0 Å². The Bertz CT molecular complexity index is 682. The summed E-state index contributed by atoms with van der Waals surface area (Å²) in [7, 11) is 0. The number of carbonyl (C=O) groups excluding carboxylic acids is 2. The molecule has 1 unspecified atom stereocenters. The van der Waals surface area contributed by atoms with Crippen molar-refractivity contribution in [2.24, 2.45) is 0 Å². The fourth-order valence-electron chi connectivity index (χ4n) is 2.75. The van der Waals surface area contributed by atoms with Gasteiger partial charge in [-0.15, -0.1) is 0 Å². The van der Waals surface area contributed by atoms with Crippen molar-refractivity contribution in [1.29, 1.82) is 0 Å². The Labute approximate surface area is 142 Å². The third kappa shape index (κ3) is 3.64. The topological polar surface area (TPSA) is 62.6 Å². The van der Waals surface area contributed by atoms with Crippen LogP contribution >= 0.6 is 15.9 Å². The molecule has 1 atom stereocenters. The van der Waals surface area contributed by atoms with Crippen molar-refractivity contribution >= 4 is 27.7 Å².